The van der Waals surface area contributed by atoms with E-state index < -0.39 is 5.97 Å². The molecule has 0 heterocycles. The van der Waals surface area contributed by atoms with Crippen LogP contribution in [0.2, 0.25) is 0 Å². The Morgan fingerprint density at radius 3 is 2.21 bits per heavy atom. The van der Waals surface area contributed by atoms with Crippen molar-refractivity contribution in [3.63, 3.8) is 0 Å². The van der Waals surface area contributed by atoms with Gasteiger partial charge in [0.05, 0.1) is 0 Å². The van der Waals surface area contributed by atoms with Crippen LogP contribution in [0.25, 0.3) is 0 Å². The van der Waals surface area contributed by atoms with E-state index in [0.29, 0.717) is 12.8 Å². The lowest BCUT2D eigenvalue weighted by Gasteiger charge is -2.00. The van der Waals surface area contributed by atoms with E-state index in [1.807, 2.05) is 6.26 Å². The van der Waals surface area contributed by atoms with Crippen molar-refractivity contribution in [2.75, 3.05) is 6.26 Å². The number of amides is 1. The largest absolute Gasteiger partial charge is 0.565 e. The molecule has 0 saturated heterocycles. The van der Waals surface area contributed by atoms with E-state index in [2.05, 4.69) is 4.72 Å². The van der Waals surface area contributed by atoms with Crippen molar-refractivity contribution in [1.82, 2.24) is 4.72 Å². The first-order chi connectivity index (χ1) is 6.66. The second-order valence-corrected chi connectivity index (χ2v) is 3.68. The maximum atomic E-state index is 11.0. The van der Waals surface area contributed by atoms with Gasteiger partial charge >= 0.3 is 5.97 Å². The fraction of sp³-hybridized carbons (Fsp3) is 0.778. The highest BCUT2D eigenvalue weighted by Crippen LogP contribution is 2.05. The predicted molar refractivity (Wildman–Crippen MR) is 58.0 cm³/mol. The molecule has 0 aliphatic rings. The number of carbonyl (C=O) groups excluding carboxylic acids is 2. The summed E-state index contributed by atoms with van der Waals surface area (Å²) in [6, 6.07) is 0. The van der Waals surface area contributed by atoms with E-state index in [-0.39, 0.29) is 5.91 Å². The van der Waals surface area contributed by atoms with Crippen LogP contribution in [-0.2, 0) is 9.59 Å². The Morgan fingerprint density at radius 1 is 1.14 bits per heavy atom. The van der Waals surface area contributed by atoms with Crippen LogP contribution < -0.4 is 4.72 Å². The first-order valence-corrected chi connectivity index (χ1v) is 5.95. The normalized spacial score (nSPS) is 9.79. The second kappa shape index (κ2) is 8.87. The molecule has 0 spiro atoms. The molecule has 82 valence electrons. The molecule has 0 radical (unpaired) electrons. The fourth-order valence-electron chi connectivity index (χ4n) is 1.09. The Kier molecular flexibility index (Phi) is 8.42. The number of unbranched alkanes of at least 4 members (excludes halogenated alkanes) is 3. The molecule has 14 heavy (non-hydrogen) atoms. The lowest BCUT2D eigenvalue weighted by Crippen LogP contribution is -2.14. The van der Waals surface area contributed by atoms with Crippen LogP contribution >= 0.6 is 11.9 Å². The van der Waals surface area contributed by atoms with Gasteiger partial charge in [-0.3, -0.25) is 4.79 Å². The molecule has 5 heteroatoms. The summed E-state index contributed by atoms with van der Waals surface area (Å²) in [5, 5.41) is 6.68. The van der Waals surface area contributed by atoms with Crippen molar-refractivity contribution in [3.8, 4) is 0 Å². The maximum absolute atomic E-state index is 11.0. The Hall–Kier alpha value is -0.710. The fourth-order valence-corrected chi connectivity index (χ4v) is 1.42. The van der Waals surface area contributed by atoms with Crippen molar-refractivity contribution >= 4 is 23.8 Å². The van der Waals surface area contributed by atoms with Gasteiger partial charge in [-0.05, 0) is 12.8 Å². The van der Waals surface area contributed by atoms with Gasteiger partial charge in [0, 0.05) is 17.5 Å². The summed E-state index contributed by atoms with van der Waals surface area (Å²) < 4.78 is 2.65. The summed E-state index contributed by atoms with van der Waals surface area (Å²) in [7, 11) is 0. The number of hydrogen-bond donors (Lipinski definition) is 1. The molecule has 0 aromatic carbocycles. The summed E-state index contributed by atoms with van der Waals surface area (Å²) in [5.74, 6) is -0.431. The highest BCUT2D eigenvalue weighted by atomic mass is 32.2. The van der Waals surface area contributed by atoms with Crippen LogP contribution in [0, 0.1) is 0 Å². The molecule has 3 N–H and O–H groups in total. The van der Waals surface area contributed by atoms with E-state index >= 15 is 0 Å². The van der Waals surface area contributed by atoms with Crippen LogP contribution in [0.1, 0.15) is 38.5 Å². The van der Waals surface area contributed by atoms with E-state index in [4.69, 9.17) is 5.11 Å². The molecule has 0 bridgehead atoms. The minimum Gasteiger partial charge on any atom is -0.565 e. The number of nitrogens with one attached hydrogen (secondary N) is 1. The summed E-state index contributed by atoms with van der Waals surface area (Å²) >= 11 is 1.31. The van der Waals surface area contributed by atoms with E-state index in [1.165, 1.54) is 11.9 Å². The number of hydrogen-bond acceptors (Lipinski definition) is 3. The molecule has 0 rings (SSSR count). The summed E-state index contributed by atoms with van der Waals surface area (Å²) in [6.45, 7) is 0. The number of carbonyl (C=O) groups is 2. The third-order valence-corrected chi connectivity index (χ3v) is 2.21. The Morgan fingerprint density at radius 2 is 1.71 bits per heavy atom. The van der Waals surface area contributed by atoms with Gasteiger partial charge in [0.25, 0.3) is 0 Å². The highest BCUT2D eigenvalue weighted by Gasteiger charge is 2.04. The van der Waals surface area contributed by atoms with Crippen molar-refractivity contribution < 1.29 is 14.7 Å². The van der Waals surface area contributed by atoms with Crippen LogP contribution in [0.4, 0.5) is 0 Å². The zero-order valence-electron chi connectivity index (χ0n) is 8.47. The average molecular weight is 220 g/mol. The molecule has 0 saturated carbocycles. The van der Waals surface area contributed by atoms with Gasteiger partial charge in [-0.1, -0.05) is 24.8 Å². The molecule has 4 nitrogen and oxygen atoms in total. The van der Waals surface area contributed by atoms with Gasteiger partial charge in [0.1, 0.15) is 6.42 Å². The Balaban J connectivity index is 3.13. The summed E-state index contributed by atoms with van der Waals surface area (Å²) in [5.41, 5.74) is 0. The third kappa shape index (κ3) is 9.38. The van der Waals surface area contributed by atoms with Crippen LogP contribution in [0.15, 0.2) is 0 Å². The standard InChI is InChI=1S/C9H17NO3S/c1-14-10-8(11)6-4-2-3-5-7-9(12)13/h2-7H2,1H3,(H,10,11)(H,12,13)/p+1. The molecular formula is C9H18NO3S+. The minimum absolute atomic E-state index is 0.0640. The quantitative estimate of drug-likeness (QED) is 0.376. The monoisotopic (exact) mass is 220 g/mol. The zero-order chi connectivity index (χ0) is 10.8. The SMILES string of the molecule is CSNC(=O)CCCCCCC(=O)[OH2+]. The molecule has 0 fully saturated rings. The Labute approximate surface area is 88.6 Å². The summed E-state index contributed by atoms with van der Waals surface area (Å²) in [4.78, 5) is 21.2. The van der Waals surface area contributed by atoms with Gasteiger partial charge in [-0.25, -0.2) is 0 Å². The molecule has 0 aliphatic carbocycles. The molecule has 1 amide bonds. The average Bonchev–Trinajstić information content (AvgIpc) is 2.11. The van der Waals surface area contributed by atoms with Crippen LogP contribution in [0.5, 0.6) is 0 Å². The number of rotatable bonds is 8. The van der Waals surface area contributed by atoms with E-state index in [0.717, 1.165) is 25.7 Å². The smallest absolute Gasteiger partial charge is 0.515 e. The van der Waals surface area contributed by atoms with Crippen molar-refractivity contribution in [2.45, 2.75) is 38.5 Å². The van der Waals surface area contributed by atoms with Crippen LogP contribution in [0.3, 0.4) is 0 Å². The van der Waals surface area contributed by atoms with Gasteiger partial charge in [-0.2, -0.15) is 0 Å². The first kappa shape index (κ1) is 13.3. The highest BCUT2D eigenvalue weighted by molar-refractivity contribution is 7.97. The first-order valence-electron chi connectivity index (χ1n) is 4.73. The van der Waals surface area contributed by atoms with Gasteiger partial charge in [-0.15, -0.1) is 0 Å². The van der Waals surface area contributed by atoms with Gasteiger partial charge < -0.3 is 9.83 Å². The maximum Gasteiger partial charge on any atom is 0.515 e. The topological polar surface area (TPSA) is 69.1 Å². The zero-order valence-corrected chi connectivity index (χ0v) is 9.28. The lowest BCUT2D eigenvalue weighted by atomic mass is 10.1. The van der Waals surface area contributed by atoms with E-state index in [1.54, 1.807) is 0 Å². The predicted octanol–water partition coefficient (Wildman–Crippen LogP) is 0.972. The lowest BCUT2D eigenvalue weighted by molar-refractivity contribution is -0.137. The van der Waals surface area contributed by atoms with E-state index in [9.17, 15) is 9.59 Å². The summed E-state index contributed by atoms with van der Waals surface area (Å²) in [6.07, 6.45) is 6.22. The van der Waals surface area contributed by atoms with Crippen molar-refractivity contribution in [3.05, 3.63) is 0 Å². The molecule has 0 aromatic heterocycles. The van der Waals surface area contributed by atoms with Crippen molar-refractivity contribution in [1.29, 1.82) is 0 Å². The molecule has 0 aliphatic heterocycles. The van der Waals surface area contributed by atoms with Crippen LogP contribution in [-0.4, -0.2) is 23.2 Å². The van der Waals surface area contributed by atoms with Crippen molar-refractivity contribution in [2.24, 2.45) is 0 Å². The minimum atomic E-state index is -0.495. The van der Waals surface area contributed by atoms with Gasteiger partial charge in [0.15, 0.2) is 0 Å². The molecule has 0 atom stereocenters. The molecule has 0 unspecified atom stereocenters. The third-order valence-electron chi connectivity index (χ3n) is 1.77. The van der Waals surface area contributed by atoms with Gasteiger partial charge in [0.2, 0.25) is 5.91 Å². The molecular weight excluding hydrogens is 202 g/mol. The molecule has 0 aromatic rings. The Bertz CT molecular complexity index is 185. The second-order valence-electron chi connectivity index (χ2n) is 3.07.